The Morgan fingerprint density at radius 2 is 2.06 bits per heavy atom. The Morgan fingerprint density at radius 3 is 2.75 bits per heavy atom. The monoisotopic (exact) mass is 245 g/mol. The van der Waals surface area contributed by atoms with E-state index >= 15 is 0 Å². The zero-order chi connectivity index (χ0) is 11.6. The lowest BCUT2D eigenvalue weighted by atomic mass is 10.0. The maximum Gasteiger partial charge on any atom is 0.0469 e. The summed E-state index contributed by atoms with van der Waals surface area (Å²) in [5, 5.41) is 3.57. The van der Waals surface area contributed by atoms with Crippen LogP contribution in [0, 0.1) is 11.8 Å². The summed E-state index contributed by atoms with van der Waals surface area (Å²) < 4.78 is 5.35. The fraction of sp³-hybridized carbons (Fsp3) is 1.00. The average Bonchev–Trinajstić information content (AvgIpc) is 2.29. The highest BCUT2D eigenvalue weighted by atomic mass is 32.2. The predicted molar refractivity (Wildman–Crippen MR) is 73.2 cm³/mol. The van der Waals surface area contributed by atoms with Crippen molar-refractivity contribution in [3.8, 4) is 0 Å². The van der Waals surface area contributed by atoms with E-state index < -0.39 is 0 Å². The summed E-state index contributed by atoms with van der Waals surface area (Å²) in [5.41, 5.74) is 0. The molecule has 96 valence electrons. The summed E-state index contributed by atoms with van der Waals surface area (Å²) >= 11 is 2.09. The van der Waals surface area contributed by atoms with Crippen molar-refractivity contribution < 1.29 is 4.74 Å². The van der Waals surface area contributed by atoms with Gasteiger partial charge in [0.25, 0.3) is 0 Å². The first-order chi connectivity index (χ1) is 7.79. The maximum absolute atomic E-state index is 5.35. The Balaban J connectivity index is 1.80. The smallest absolute Gasteiger partial charge is 0.0469 e. The fourth-order valence-corrected chi connectivity index (χ4v) is 2.86. The van der Waals surface area contributed by atoms with E-state index in [4.69, 9.17) is 4.74 Å². The van der Waals surface area contributed by atoms with Crippen LogP contribution in [0.4, 0.5) is 0 Å². The third-order valence-corrected chi connectivity index (χ3v) is 4.35. The van der Waals surface area contributed by atoms with E-state index in [-0.39, 0.29) is 0 Å². The van der Waals surface area contributed by atoms with Crippen LogP contribution in [0.2, 0.25) is 0 Å². The molecular formula is C13H27NOS. The molecule has 2 nitrogen and oxygen atoms in total. The number of hydrogen-bond acceptors (Lipinski definition) is 3. The van der Waals surface area contributed by atoms with Gasteiger partial charge >= 0.3 is 0 Å². The Kier molecular flexibility index (Phi) is 8.34. The molecule has 0 bridgehead atoms. The van der Waals surface area contributed by atoms with E-state index in [9.17, 15) is 0 Å². The molecule has 1 heterocycles. The molecule has 0 amide bonds. The van der Waals surface area contributed by atoms with Crippen LogP contribution in [0.15, 0.2) is 0 Å². The third-order valence-electron chi connectivity index (χ3n) is 2.87. The van der Waals surface area contributed by atoms with Gasteiger partial charge in [-0.2, -0.15) is 11.8 Å². The van der Waals surface area contributed by atoms with Crippen LogP contribution in [0.25, 0.3) is 0 Å². The SMILES string of the molecule is CC(C)CSCCCNCC1CCOCC1. The van der Waals surface area contributed by atoms with Crippen LogP contribution in [-0.2, 0) is 4.74 Å². The Hall–Kier alpha value is 0.270. The van der Waals surface area contributed by atoms with Crippen molar-refractivity contribution in [2.24, 2.45) is 11.8 Å². The molecule has 0 unspecified atom stereocenters. The van der Waals surface area contributed by atoms with Gasteiger partial charge in [-0.3, -0.25) is 0 Å². The van der Waals surface area contributed by atoms with Gasteiger partial charge in [0.15, 0.2) is 0 Å². The molecule has 1 aliphatic rings. The molecule has 0 aliphatic carbocycles. The lowest BCUT2D eigenvalue weighted by Gasteiger charge is -2.22. The first-order valence-electron chi connectivity index (χ1n) is 6.65. The standard InChI is InChI=1S/C13H27NOS/c1-12(2)11-16-9-3-6-14-10-13-4-7-15-8-5-13/h12-14H,3-11H2,1-2H3. The van der Waals surface area contributed by atoms with Gasteiger partial charge in [-0.15, -0.1) is 0 Å². The van der Waals surface area contributed by atoms with Gasteiger partial charge in [0.05, 0.1) is 0 Å². The molecule has 0 atom stereocenters. The summed E-state index contributed by atoms with van der Waals surface area (Å²) in [7, 11) is 0. The maximum atomic E-state index is 5.35. The fourth-order valence-electron chi connectivity index (χ4n) is 1.87. The summed E-state index contributed by atoms with van der Waals surface area (Å²) in [6, 6.07) is 0. The van der Waals surface area contributed by atoms with Gasteiger partial charge in [-0.05, 0) is 55.7 Å². The van der Waals surface area contributed by atoms with Crippen LogP contribution in [0.5, 0.6) is 0 Å². The largest absolute Gasteiger partial charge is 0.381 e. The van der Waals surface area contributed by atoms with E-state index in [0.717, 1.165) is 25.0 Å². The molecule has 0 aromatic heterocycles. The van der Waals surface area contributed by atoms with Gasteiger partial charge in [-0.1, -0.05) is 13.8 Å². The van der Waals surface area contributed by atoms with Crippen LogP contribution < -0.4 is 5.32 Å². The van der Waals surface area contributed by atoms with Crippen LogP contribution in [0.3, 0.4) is 0 Å². The van der Waals surface area contributed by atoms with Crippen molar-refractivity contribution in [1.82, 2.24) is 5.32 Å². The molecule has 1 fully saturated rings. The number of hydrogen-bond donors (Lipinski definition) is 1. The molecule has 3 heteroatoms. The van der Waals surface area contributed by atoms with E-state index in [0.29, 0.717) is 0 Å². The first kappa shape index (κ1) is 14.3. The van der Waals surface area contributed by atoms with Crippen molar-refractivity contribution in [3.63, 3.8) is 0 Å². The molecule has 0 radical (unpaired) electrons. The summed E-state index contributed by atoms with van der Waals surface area (Å²) in [5.74, 6) is 4.30. The van der Waals surface area contributed by atoms with Crippen molar-refractivity contribution in [3.05, 3.63) is 0 Å². The van der Waals surface area contributed by atoms with Gasteiger partial charge < -0.3 is 10.1 Å². The lowest BCUT2D eigenvalue weighted by molar-refractivity contribution is 0.0664. The van der Waals surface area contributed by atoms with E-state index in [2.05, 4.69) is 30.9 Å². The number of thioether (sulfide) groups is 1. The van der Waals surface area contributed by atoms with Gasteiger partial charge in [0.2, 0.25) is 0 Å². The summed E-state index contributed by atoms with van der Waals surface area (Å²) in [4.78, 5) is 0. The first-order valence-corrected chi connectivity index (χ1v) is 7.80. The van der Waals surface area contributed by atoms with Crippen molar-refractivity contribution in [1.29, 1.82) is 0 Å². The minimum Gasteiger partial charge on any atom is -0.381 e. The second-order valence-corrected chi connectivity index (χ2v) is 6.23. The second kappa shape index (κ2) is 9.32. The molecule has 0 spiro atoms. The number of ether oxygens (including phenoxy) is 1. The second-order valence-electron chi connectivity index (χ2n) is 5.08. The van der Waals surface area contributed by atoms with E-state index in [1.807, 2.05) is 0 Å². The molecule has 0 aromatic carbocycles. The number of nitrogens with one attached hydrogen (secondary N) is 1. The van der Waals surface area contributed by atoms with E-state index in [1.165, 1.54) is 43.9 Å². The van der Waals surface area contributed by atoms with Gasteiger partial charge in [-0.25, -0.2) is 0 Å². The molecule has 1 saturated heterocycles. The average molecular weight is 245 g/mol. The third kappa shape index (κ3) is 7.53. The zero-order valence-electron chi connectivity index (χ0n) is 10.8. The van der Waals surface area contributed by atoms with Gasteiger partial charge in [0.1, 0.15) is 0 Å². The highest BCUT2D eigenvalue weighted by Crippen LogP contribution is 2.13. The summed E-state index contributed by atoms with van der Waals surface area (Å²) in [6.07, 6.45) is 3.80. The van der Waals surface area contributed by atoms with Crippen molar-refractivity contribution >= 4 is 11.8 Å². The Labute approximate surface area is 105 Å². The van der Waals surface area contributed by atoms with Crippen molar-refractivity contribution in [2.45, 2.75) is 33.1 Å². The molecule has 16 heavy (non-hydrogen) atoms. The minimum absolute atomic E-state index is 0.834. The molecular weight excluding hydrogens is 218 g/mol. The Bertz CT molecular complexity index is 158. The topological polar surface area (TPSA) is 21.3 Å². The zero-order valence-corrected chi connectivity index (χ0v) is 11.7. The molecule has 1 aliphatic heterocycles. The predicted octanol–water partition coefficient (Wildman–Crippen LogP) is 2.78. The minimum atomic E-state index is 0.834. The lowest BCUT2D eigenvalue weighted by Crippen LogP contribution is -2.28. The van der Waals surface area contributed by atoms with E-state index in [1.54, 1.807) is 0 Å². The molecule has 0 saturated carbocycles. The quantitative estimate of drug-likeness (QED) is 0.664. The summed E-state index contributed by atoms with van der Waals surface area (Å²) in [6.45, 7) is 8.89. The highest BCUT2D eigenvalue weighted by molar-refractivity contribution is 7.99. The number of rotatable bonds is 8. The normalized spacial score (nSPS) is 18.2. The molecule has 0 aromatic rings. The Morgan fingerprint density at radius 1 is 1.31 bits per heavy atom. The molecule has 1 N–H and O–H groups in total. The van der Waals surface area contributed by atoms with Crippen LogP contribution in [0.1, 0.15) is 33.1 Å². The van der Waals surface area contributed by atoms with Crippen LogP contribution in [-0.4, -0.2) is 37.8 Å². The highest BCUT2D eigenvalue weighted by Gasteiger charge is 2.12. The van der Waals surface area contributed by atoms with Crippen LogP contribution >= 0.6 is 11.8 Å². The van der Waals surface area contributed by atoms with Crippen molar-refractivity contribution in [2.75, 3.05) is 37.8 Å². The van der Waals surface area contributed by atoms with Gasteiger partial charge in [0, 0.05) is 13.2 Å². The molecule has 1 rings (SSSR count).